The summed E-state index contributed by atoms with van der Waals surface area (Å²) in [7, 11) is 1.64. The van der Waals surface area contributed by atoms with Crippen molar-refractivity contribution in [1.29, 1.82) is 0 Å². The van der Waals surface area contributed by atoms with E-state index in [2.05, 4.69) is 5.32 Å². The Morgan fingerprint density at radius 2 is 1.88 bits per heavy atom. The largest absolute Gasteiger partial charge is 0.497 e. The second-order valence-electron chi connectivity index (χ2n) is 6.63. The fourth-order valence-corrected chi connectivity index (χ4v) is 3.56. The van der Waals surface area contributed by atoms with E-state index in [0.29, 0.717) is 19.4 Å². The van der Waals surface area contributed by atoms with E-state index < -0.39 is 17.3 Å². The van der Waals surface area contributed by atoms with Crippen LogP contribution in [0.15, 0.2) is 24.3 Å². The number of methoxy groups -OCH3 is 1. The lowest BCUT2D eigenvalue weighted by Gasteiger charge is -2.31. The smallest absolute Gasteiger partial charge is 0.307 e. The van der Waals surface area contributed by atoms with Crippen molar-refractivity contribution in [3.8, 4) is 5.75 Å². The molecule has 1 aliphatic carbocycles. The number of hydrogen-bond donors (Lipinski definition) is 2. The van der Waals surface area contributed by atoms with Gasteiger partial charge in [0.05, 0.1) is 18.4 Å². The Kier molecular flexibility index (Phi) is 6.23. The highest BCUT2D eigenvalue weighted by Gasteiger charge is 2.48. The van der Waals surface area contributed by atoms with Crippen LogP contribution in [0.1, 0.15) is 44.6 Å². The number of carbonyl (C=O) groups excluding carboxylic acids is 1. The number of nitrogens with one attached hydrogen (secondary N) is 1. The van der Waals surface area contributed by atoms with Gasteiger partial charge in [0.1, 0.15) is 5.75 Å². The summed E-state index contributed by atoms with van der Waals surface area (Å²) < 4.78 is 5.13. The number of hydrogen-bond acceptors (Lipinski definition) is 3. The number of ether oxygens (including phenoxy) is 1. The fourth-order valence-electron chi connectivity index (χ4n) is 3.56. The molecular formula is C19H27NO4. The molecule has 1 aliphatic rings. The van der Waals surface area contributed by atoms with E-state index in [0.717, 1.165) is 31.4 Å². The number of rotatable bonds is 8. The summed E-state index contributed by atoms with van der Waals surface area (Å²) in [6.45, 7) is 2.23. The van der Waals surface area contributed by atoms with E-state index in [1.54, 1.807) is 14.0 Å². The van der Waals surface area contributed by atoms with Crippen LogP contribution in [0.4, 0.5) is 0 Å². The number of aliphatic carboxylic acids is 1. The second kappa shape index (κ2) is 8.18. The quantitative estimate of drug-likeness (QED) is 0.717. The average molecular weight is 333 g/mol. The molecule has 0 aliphatic heterocycles. The fraction of sp³-hybridized carbons (Fsp3) is 0.579. The first-order valence-electron chi connectivity index (χ1n) is 8.63. The molecule has 2 rings (SSSR count). The Morgan fingerprint density at radius 3 is 2.42 bits per heavy atom. The summed E-state index contributed by atoms with van der Waals surface area (Å²) >= 11 is 0. The molecule has 132 valence electrons. The van der Waals surface area contributed by atoms with Gasteiger partial charge in [0.15, 0.2) is 0 Å². The standard InChI is InChI=1S/C19H27NO4/c1-14(17(21)22)19(11-3-4-12-19)18(23)20-13-5-6-15-7-9-16(24-2)10-8-15/h7-10,14H,3-6,11-13H2,1-2H3,(H,20,23)(H,21,22). The highest BCUT2D eigenvalue weighted by Crippen LogP contribution is 2.44. The van der Waals surface area contributed by atoms with E-state index in [1.165, 1.54) is 5.56 Å². The van der Waals surface area contributed by atoms with E-state index >= 15 is 0 Å². The SMILES string of the molecule is COc1ccc(CCCNC(=O)C2(C(C)C(=O)O)CCCC2)cc1. The van der Waals surface area contributed by atoms with Gasteiger partial charge in [-0.1, -0.05) is 31.9 Å². The van der Waals surface area contributed by atoms with Gasteiger partial charge in [-0.05, 0) is 43.4 Å². The molecule has 0 aromatic heterocycles. The third-order valence-electron chi connectivity index (χ3n) is 5.23. The van der Waals surface area contributed by atoms with Crippen LogP contribution < -0.4 is 10.1 Å². The van der Waals surface area contributed by atoms with E-state index in [-0.39, 0.29) is 5.91 Å². The average Bonchev–Trinajstić information content (AvgIpc) is 3.09. The summed E-state index contributed by atoms with van der Waals surface area (Å²) in [4.78, 5) is 24.0. The van der Waals surface area contributed by atoms with Crippen LogP contribution in [0.2, 0.25) is 0 Å². The van der Waals surface area contributed by atoms with Crippen molar-refractivity contribution in [3.05, 3.63) is 29.8 Å². The molecule has 1 aromatic rings. The molecule has 0 bridgehead atoms. The summed E-state index contributed by atoms with van der Waals surface area (Å²) in [5.41, 5.74) is 0.464. The molecule has 1 aromatic carbocycles. The van der Waals surface area contributed by atoms with Crippen LogP contribution in [0, 0.1) is 11.3 Å². The first kappa shape index (κ1) is 18.3. The monoisotopic (exact) mass is 333 g/mol. The molecule has 0 spiro atoms. The van der Waals surface area contributed by atoms with Crippen LogP contribution in [0.25, 0.3) is 0 Å². The minimum Gasteiger partial charge on any atom is -0.497 e. The number of aryl methyl sites for hydroxylation is 1. The lowest BCUT2D eigenvalue weighted by molar-refractivity contribution is -0.152. The first-order valence-corrected chi connectivity index (χ1v) is 8.63. The Balaban J connectivity index is 1.83. The molecule has 1 amide bonds. The van der Waals surface area contributed by atoms with Crippen molar-refractivity contribution in [1.82, 2.24) is 5.32 Å². The third kappa shape index (κ3) is 4.08. The zero-order valence-corrected chi connectivity index (χ0v) is 14.5. The molecule has 1 saturated carbocycles. The lowest BCUT2D eigenvalue weighted by atomic mass is 9.74. The predicted molar refractivity (Wildman–Crippen MR) is 92.0 cm³/mol. The zero-order valence-electron chi connectivity index (χ0n) is 14.5. The van der Waals surface area contributed by atoms with Crippen molar-refractivity contribution in [2.45, 2.75) is 45.4 Å². The molecule has 24 heavy (non-hydrogen) atoms. The Bertz CT molecular complexity index is 561. The molecule has 0 heterocycles. The first-order chi connectivity index (χ1) is 11.5. The van der Waals surface area contributed by atoms with Crippen LogP contribution in [-0.4, -0.2) is 30.6 Å². The van der Waals surface area contributed by atoms with Gasteiger partial charge in [0, 0.05) is 6.54 Å². The second-order valence-corrected chi connectivity index (χ2v) is 6.63. The topological polar surface area (TPSA) is 75.6 Å². The summed E-state index contributed by atoms with van der Waals surface area (Å²) in [6.07, 6.45) is 4.89. The maximum atomic E-state index is 12.6. The van der Waals surface area contributed by atoms with Crippen molar-refractivity contribution in [3.63, 3.8) is 0 Å². The van der Waals surface area contributed by atoms with Gasteiger partial charge in [-0.15, -0.1) is 0 Å². The minimum absolute atomic E-state index is 0.0929. The number of amides is 1. The van der Waals surface area contributed by atoms with Crippen LogP contribution in [-0.2, 0) is 16.0 Å². The predicted octanol–water partition coefficient (Wildman–Crippen LogP) is 3.03. The molecule has 5 heteroatoms. The van der Waals surface area contributed by atoms with Gasteiger partial charge >= 0.3 is 5.97 Å². The number of carbonyl (C=O) groups is 2. The highest BCUT2D eigenvalue weighted by atomic mass is 16.5. The molecule has 0 saturated heterocycles. The van der Waals surface area contributed by atoms with E-state index in [9.17, 15) is 14.7 Å². The van der Waals surface area contributed by atoms with Crippen molar-refractivity contribution in [2.24, 2.45) is 11.3 Å². The Morgan fingerprint density at radius 1 is 1.25 bits per heavy atom. The molecule has 5 nitrogen and oxygen atoms in total. The molecule has 1 fully saturated rings. The Labute approximate surface area is 143 Å². The van der Waals surface area contributed by atoms with Crippen molar-refractivity contribution >= 4 is 11.9 Å². The normalized spacial score (nSPS) is 17.2. The van der Waals surface area contributed by atoms with Crippen LogP contribution >= 0.6 is 0 Å². The van der Waals surface area contributed by atoms with Crippen LogP contribution in [0.5, 0.6) is 5.75 Å². The minimum atomic E-state index is -0.884. The maximum Gasteiger partial charge on any atom is 0.307 e. The molecule has 2 N–H and O–H groups in total. The summed E-state index contributed by atoms with van der Waals surface area (Å²) in [6, 6.07) is 7.89. The zero-order chi connectivity index (χ0) is 17.6. The number of carboxylic acids is 1. The lowest BCUT2D eigenvalue weighted by Crippen LogP contribution is -2.46. The Hall–Kier alpha value is -2.04. The van der Waals surface area contributed by atoms with Crippen molar-refractivity contribution < 1.29 is 19.4 Å². The highest BCUT2D eigenvalue weighted by molar-refractivity contribution is 5.88. The van der Waals surface area contributed by atoms with Crippen LogP contribution in [0.3, 0.4) is 0 Å². The van der Waals surface area contributed by atoms with Gasteiger partial charge in [-0.3, -0.25) is 9.59 Å². The number of benzene rings is 1. The van der Waals surface area contributed by atoms with Gasteiger partial charge in [0.25, 0.3) is 0 Å². The maximum absolute atomic E-state index is 12.6. The van der Waals surface area contributed by atoms with Crippen molar-refractivity contribution in [2.75, 3.05) is 13.7 Å². The summed E-state index contributed by atoms with van der Waals surface area (Å²) in [5.74, 6) is -0.783. The van der Waals surface area contributed by atoms with Gasteiger partial charge in [-0.25, -0.2) is 0 Å². The molecular weight excluding hydrogens is 306 g/mol. The van der Waals surface area contributed by atoms with Gasteiger partial charge < -0.3 is 15.2 Å². The van der Waals surface area contributed by atoms with E-state index in [4.69, 9.17) is 4.74 Å². The molecule has 1 unspecified atom stereocenters. The van der Waals surface area contributed by atoms with E-state index in [1.807, 2.05) is 24.3 Å². The molecule has 1 atom stereocenters. The third-order valence-corrected chi connectivity index (χ3v) is 5.23. The number of carboxylic acid groups (broad SMARTS) is 1. The molecule has 0 radical (unpaired) electrons. The van der Waals surface area contributed by atoms with Gasteiger partial charge in [-0.2, -0.15) is 0 Å². The van der Waals surface area contributed by atoms with Gasteiger partial charge in [0.2, 0.25) is 5.91 Å². The summed E-state index contributed by atoms with van der Waals surface area (Å²) in [5, 5.41) is 12.3.